The van der Waals surface area contributed by atoms with Crippen molar-refractivity contribution in [2.24, 2.45) is 0 Å². The first-order valence-electron chi connectivity index (χ1n) is 14.3. The lowest BCUT2D eigenvalue weighted by Crippen LogP contribution is -2.30. The Morgan fingerprint density at radius 3 is 2.53 bits per heavy atom. The van der Waals surface area contributed by atoms with E-state index in [1.807, 2.05) is 55.5 Å². The van der Waals surface area contributed by atoms with Gasteiger partial charge in [-0.15, -0.1) is 0 Å². The summed E-state index contributed by atoms with van der Waals surface area (Å²) in [5, 5.41) is 5.67. The van der Waals surface area contributed by atoms with Gasteiger partial charge < -0.3 is 29.4 Å². The average Bonchev–Trinajstić information content (AvgIpc) is 3.68. The number of furan rings is 1. The number of benzene rings is 3. The summed E-state index contributed by atoms with van der Waals surface area (Å²) in [6.45, 7) is 4.61. The zero-order chi connectivity index (χ0) is 30.3. The number of para-hydroxylation sites is 1. The molecule has 1 aliphatic rings. The standard InChI is InChI=1S/C34H35N3O6/c1-4-43-33(39)20-27(26-14-16-42-21-26)24-10-12-30-25(19-24)13-15-37(30)32(38)18-23-9-11-29(31(17-23)41-3)36-34(40)35-28-8-6-5-7-22(28)2/h5-12,14,16-17,19,21,27H,4,13,15,18,20H2,1-3H3,(H2,35,36,40). The number of ether oxygens (including phenoxy) is 2. The molecular weight excluding hydrogens is 546 g/mol. The summed E-state index contributed by atoms with van der Waals surface area (Å²) in [5.41, 5.74) is 6.74. The maximum atomic E-state index is 13.4. The number of hydrogen-bond donors (Lipinski definition) is 2. The van der Waals surface area contributed by atoms with Gasteiger partial charge in [0.1, 0.15) is 5.75 Å². The molecule has 3 amide bonds. The first kappa shape index (κ1) is 29.4. The van der Waals surface area contributed by atoms with Gasteiger partial charge in [0.2, 0.25) is 5.91 Å². The highest BCUT2D eigenvalue weighted by Gasteiger charge is 2.27. The van der Waals surface area contributed by atoms with Crippen molar-refractivity contribution in [1.29, 1.82) is 0 Å². The van der Waals surface area contributed by atoms with E-state index in [-0.39, 0.29) is 36.7 Å². The number of fused-ring (bicyclic) bond motifs is 1. The Bertz CT molecular complexity index is 1610. The summed E-state index contributed by atoms with van der Waals surface area (Å²) in [7, 11) is 1.53. The Kier molecular flexibility index (Phi) is 9.10. The maximum Gasteiger partial charge on any atom is 0.323 e. The summed E-state index contributed by atoms with van der Waals surface area (Å²) in [5.74, 6) is -0.0474. The third-order valence-electron chi connectivity index (χ3n) is 7.59. The molecule has 222 valence electrons. The fourth-order valence-electron chi connectivity index (χ4n) is 5.39. The molecule has 4 aromatic rings. The van der Waals surface area contributed by atoms with Gasteiger partial charge in [-0.25, -0.2) is 4.79 Å². The highest BCUT2D eigenvalue weighted by Crippen LogP contribution is 2.36. The Morgan fingerprint density at radius 2 is 1.79 bits per heavy atom. The van der Waals surface area contributed by atoms with Gasteiger partial charge in [-0.05, 0) is 78.4 Å². The largest absolute Gasteiger partial charge is 0.495 e. The number of esters is 1. The lowest BCUT2D eigenvalue weighted by molar-refractivity contribution is -0.143. The highest BCUT2D eigenvalue weighted by molar-refractivity contribution is 6.01. The second kappa shape index (κ2) is 13.3. The zero-order valence-corrected chi connectivity index (χ0v) is 24.5. The molecule has 5 rings (SSSR count). The van der Waals surface area contributed by atoms with Crippen LogP contribution < -0.4 is 20.3 Å². The summed E-state index contributed by atoms with van der Waals surface area (Å²) in [4.78, 5) is 40.2. The van der Waals surface area contributed by atoms with Crippen LogP contribution in [-0.2, 0) is 27.2 Å². The SMILES string of the molecule is CCOC(=O)CC(c1ccoc1)c1ccc2c(c1)CCN2C(=O)Cc1ccc(NC(=O)Nc2ccccc2C)c(OC)c1. The number of rotatable bonds is 10. The van der Waals surface area contributed by atoms with E-state index < -0.39 is 0 Å². The van der Waals surface area contributed by atoms with Gasteiger partial charge in [0.05, 0.1) is 44.8 Å². The second-order valence-corrected chi connectivity index (χ2v) is 10.4. The van der Waals surface area contributed by atoms with Gasteiger partial charge in [0.15, 0.2) is 0 Å². The van der Waals surface area contributed by atoms with Crippen molar-refractivity contribution in [3.05, 3.63) is 107 Å². The molecule has 1 atom stereocenters. The van der Waals surface area contributed by atoms with Crippen molar-refractivity contribution >= 4 is 35.0 Å². The fraction of sp³-hybridized carbons (Fsp3) is 0.265. The number of nitrogens with one attached hydrogen (secondary N) is 2. The van der Waals surface area contributed by atoms with Crippen LogP contribution >= 0.6 is 0 Å². The molecule has 1 aromatic heterocycles. The van der Waals surface area contributed by atoms with Crippen LogP contribution in [0.5, 0.6) is 5.75 Å². The Morgan fingerprint density at radius 1 is 0.977 bits per heavy atom. The van der Waals surface area contributed by atoms with Gasteiger partial charge in [-0.2, -0.15) is 0 Å². The number of amides is 3. The van der Waals surface area contributed by atoms with E-state index in [0.29, 0.717) is 31.0 Å². The van der Waals surface area contributed by atoms with Gasteiger partial charge in [-0.1, -0.05) is 36.4 Å². The van der Waals surface area contributed by atoms with Crippen molar-refractivity contribution in [1.82, 2.24) is 0 Å². The molecule has 0 spiro atoms. The molecule has 0 saturated heterocycles. The molecule has 0 bridgehead atoms. The fourth-order valence-corrected chi connectivity index (χ4v) is 5.39. The number of nitrogens with zero attached hydrogens (tertiary/aromatic N) is 1. The molecule has 9 nitrogen and oxygen atoms in total. The average molecular weight is 582 g/mol. The van der Waals surface area contributed by atoms with Gasteiger partial charge in [0.25, 0.3) is 0 Å². The van der Waals surface area contributed by atoms with E-state index in [0.717, 1.165) is 39.2 Å². The van der Waals surface area contributed by atoms with E-state index in [4.69, 9.17) is 13.9 Å². The van der Waals surface area contributed by atoms with E-state index in [9.17, 15) is 14.4 Å². The Labute approximate surface area is 250 Å². The molecular formula is C34H35N3O6. The summed E-state index contributed by atoms with van der Waals surface area (Å²) in [6.07, 6.45) is 4.34. The van der Waals surface area contributed by atoms with Crippen molar-refractivity contribution in [3.8, 4) is 5.75 Å². The number of carbonyl (C=O) groups is 3. The molecule has 0 aliphatic carbocycles. The van der Waals surface area contributed by atoms with Crippen LogP contribution in [-0.4, -0.2) is 38.2 Å². The maximum absolute atomic E-state index is 13.4. The minimum Gasteiger partial charge on any atom is -0.495 e. The molecule has 0 saturated carbocycles. The number of anilines is 3. The lowest BCUT2D eigenvalue weighted by Gasteiger charge is -2.20. The predicted molar refractivity (Wildman–Crippen MR) is 165 cm³/mol. The molecule has 9 heteroatoms. The minimum atomic E-state index is -0.387. The molecule has 1 unspecified atom stereocenters. The van der Waals surface area contributed by atoms with Crippen LogP contribution in [0.3, 0.4) is 0 Å². The third-order valence-corrected chi connectivity index (χ3v) is 7.59. The number of aryl methyl sites for hydroxylation is 1. The van der Waals surface area contributed by atoms with Crippen LogP contribution in [0.1, 0.15) is 47.1 Å². The van der Waals surface area contributed by atoms with E-state index >= 15 is 0 Å². The molecule has 43 heavy (non-hydrogen) atoms. The molecule has 0 fully saturated rings. The minimum absolute atomic E-state index is 0.0375. The molecule has 2 heterocycles. The quantitative estimate of drug-likeness (QED) is 0.208. The smallest absolute Gasteiger partial charge is 0.323 e. The third kappa shape index (κ3) is 6.89. The first-order valence-corrected chi connectivity index (χ1v) is 14.3. The monoisotopic (exact) mass is 581 g/mol. The Hall–Kier alpha value is -5.05. The van der Waals surface area contributed by atoms with E-state index in [1.54, 1.807) is 36.5 Å². The topological polar surface area (TPSA) is 110 Å². The van der Waals surface area contributed by atoms with Gasteiger partial charge in [-0.3, -0.25) is 9.59 Å². The van der Waals surface area contributed by atoms with Crippen LogP contribution in [0, 0.1) is 6.92 Å². The molecule has 1 aliphatic heterocycles. The zero-order valence-electron chi connectivity index (χ0n) is 24.5. The summed E-state index contributed by atoms with van der Waals surface area (Å²) in [6, 6.07) is 20.3. The highest BCUT2D eigenvalue weighted by atomic mass is 16.5. The number of methoxy groups -OCH3 is 1. The summed E-state index contributed by atoms with van der Waals surface area (Å²) < 4.78 is 16.0. The summed E-state index contributed by atoms with van der Waals surface area (Å²) >= 11 is 0. The van der Waals surface area contributed by atoms with Gasteiger partial charge in [0, 0.05) is 23.8 Å². The number of urea groups is 1. The van der Waals surface area contributed by atoms with E-state index in [2.05, 4.69) is 16.7 Å². The second-order valence-electron chi connectivity index (χ2n) is 10.4. The van der Waals surface area contributed by atoms with Crippen LogP contribution in [0.4, 0.5) is 21.9 Å². The van der Waals surface area contributed by atoms with Gasteiger partial charge >= 0.3 is 12.0 Å². The van der Waals surface area contributed by atoms with Crippen molar-refractivity contribution < 1.29 is 28.3 Å². The number of carbonyl (C=O) groups excluding carboxylic acids is 3. The normalized spacial score (nSPS) is 12.8. The number of hydrogen-bond acceptors (Lipinski definition) is 6. The molecule has 0 radical (unpaired) electrons. The van der Waals surface area contributed by atoms with Crippen LogP contribution in [0.15, 0.2) is 83.7 Å². The molecule has 2 N–H and O–H groups in total. The van der Waals surface area contributed by atoms with Crippen LogP contribution in [0.2, 0.25) is 0 Å². The van der Waals surface area contributed by atoms with Crippen molar-refractivity contribution in [2.45, 2.75) is 39.0 Å². The predicted octanol–water partition coefficient (Wildman–Crippen LogP) is 6.46. The van der Waals surface area contributed by atoms with Crippen molar-refractivity contribution in [2.75, 3.05) is 35.8 Å². The lowest BCUT2D eigenvalue weighted by atomic mass is 9.89. The molecule has 3 aromatic carbocycles. The first-order chi connectivity index (χ1) is 20.9. The van der Waals surface area contributed by atoms with E-state index in [1.165, 1.54) is 7.11 Å². The van der Waals surface area contributed by atoms with Crippen molar-refractivity contribution in [3.63, 3.8) is 0 Å². The van der Waals surface area contributed by atoms with Crippen LogP contribution in [0.25, 0.3) is 0 Å². The Balaban J connectivity index is 1.27.